The van der Waals surface area contributed by atoms with Crippen LogP contribution < -0.4 is 5.32 Å². The Morgan fingerprint density at radius 2 is 1.68 bits per heavy atom. The molecule has 1 N–H and O–H groups in total. The van der Waals surface area contributed by atoms with Crippen molar-refractivity contribution >= 4 is 17.5 Å². The molecule has 3 rings (SSSR count). The van der Waals surface area contributed by atoms with Crippen LogP contribution in [0.4, 0.5) is 0 Å². The fourth-order valence-corrected chi connectivity index (χ4v) is 3.95. The van der Waals surface area contributed by atoms with Crippen LogP contribution in [-0.4, -0.2) is 41.2 Å². The number of carbonyl (C=O) groups is 1. The van der Waals surface area contributed by atoms with Crippen molar-refractivity contribution < 1.29 is 4.79 Å². The molecule has 1 atom stereocenters. The fraction of sp³-hybridized carbons (Fsp3) is 0.360. The summed E-state index contributed by atoms with van der Waals surface area (Å²) in [5, 5.41) is 7.92. The number of aryl methyl sites for hydroxylation is 3. The summed E-state index contributed by atoms with van der Waals surface area (Å²) in [5.74, 6) is -0.199. The van der Waals surface area contributed by atoms with Crippen molar-refractivity contribution in [3.05, 3.63) is 87.2 Å². The fourth-order valence-electron chi connectivity index (χ4n) is 3.63. The first-order valence-corrected chi connectivity index (χ1v) is 11.0. The van der Waals surface area contributed by atoms with E-state index in [2.05, 4.69) is 65.6 Å². The Labute approximate surface area is 190 Å². The molecule has 0 radical (unpaired) electrons. The highest BCUT2D eigenvalue weighted by molar-refractivity contribution is 6.33. The van der Waals surface area contributed by atoms with Crippen LogP contribution in [0.2, 0.25) is 5.15 Å². The molecule has 0 fully saturated rings. The molecule has 1 amide bonds. The maximum atomic E-state index is 13.0. The maximum Gasteiger partial charge on any atom is 0.256 e. The Morgan fingerprint density at radius 3 is 2.26 bits per heavy atom. The number of nitrogens with one attached hydrogen (secondary N) is 1. The summed E-state index contributed by atoms with van der Waals surface area (Å²) >= 11 is 6.56. The predicted octanol–water partition coefficient (Wildman–Crippen LogP) is 4.80. The minimum absolute atomic E-state index is 0.0662. The first-order valence-electron chi connectivity index (χ1n) is 10.6. The second kappa shape index (κ2) is 10.1. The Bertz CT molecular complexity index is 1020. The number of carbonyl (C=O) groups excluding carboxylic acids is 1. The van der Waals surface area contributed by atoms with E-state index >= 15 is 0 Å². The van der Waals surface area contributed by atoms with Crippen LogP contribution >= 0.6 is 11.6 Å². The third-order valence-electron chi connectivity index (χ3n) is 5.60. The molecule has 2 aromatic carbocycles. The number of benzene rings is 2. The molecule has 0 aliphatic carbocycles. The van der Waals surface area contributed by atoms with Crippen LogP contribution in [0.25, 0.3) is 0 Å². The van der Waals surface area contributed by atoms with E-state index in [-0.39, 0.29) is 11.9 Å². The molecule has 6 heteroatoms. The van der Waals surface area contributed by atoms with E-state index in [4.69, 9.17) is 11.6 Å². The molecule has 1 unspecified atom stereocenters. The van der Waals surface area contributed by atoms with Crippen molar-refractivity contribution in [3.8, 4) is 0 Å². The summed E-state index contributed by atoms with van der Waals surface area (Å²) < 4.78 is 1.68. The summed E-state index contributed by atoms with van der Waals surface area (Å²) in [7, 11) is 4.03. The minimum Gasteiger partial charge on any atom is -0.350 e. The molecule has 5 nitrogen and oxygen atoms in total. The Hall–Kier alpha value is -2.63. The topological polar surface area (TPSA) is 50.2 Å². The van der Waals surface area contributed by atoms with Crippen LogP contribution in [0.1, 0.15) is 51.3 Å². The number of likely N-dealkylation sites (N-methyl/N-ethyl adjacent to an activating group) is 1. The lowest BCUT2D eigenvalue weighted by atomic mass is 10.0. The summed E-state index contributed by atoms with van der Waals surface area (Å²) in [6, 6.07) is 16.8. The molecule has 31 heavy (non-hydrogen) atoms. The molecule has 0 saturated carbocycles. The number of hydrogen-bond acceptors (Lipinski definition) is 3. The second-order valence-electron chi connectivity index (χ2n) is 8.18. The van der Waals surface area contributed by atoms with Crippen molar-refractivity contribution in [2.24, 2.45) is 0 Å². The van der Waals surface area contributed by atoms with Gasteiger partial charge in [-0.1, -0.05) is 72.6 Å². The number of amides is 1. The summed E-state index contributed by atoms with van der Waals surface area (Å²) in [5.41, 5.74) is 5.82. The van der Waals surface area contributed by atoms with Crippen LogP contribution in [-0.2, 0) is 13.0 Å². The third kappa shape index (κ3) is 5.54. The smallest absolute Gasteiger partial charge is 0.256 e. The standard InChI is InChI=1S/C25H31ClN4O/c1-6-19-11-13-21(14-12-19)22(29(4)5)15-27-25(31)23-18(3)28-30(24(23)26)16-20-9-7-17(2)8-10-20/h7-14,22H,6,15-16H2,1-5H3,(H,27,31). The number of halogens is 1. The van der Waals surface area contributed by atoms with Gasteiger partial charge in [-0.25, -0.2) is 4.68 Å². The zero-order chi connectivity index (χ0) is 22.5. The van der Waals surface area contributed by atoms with Gasteiger partial charge in [0.1, 0.15) is 5.15 Å². The van der Waals surface area contributed by atoms with Gasteiger partial charge < -0.3 is 10.2 Å². The lowest BCUT2D eigenvalue weighted by Crippen LogP contribution is -2.34. The molecule has 1 heterocycles. The van der Waals surface area contributed by atoms with Crippen molar-refractivity contribution in [1.29, 1.82) is 0 Å². The first kappa shape index (κ1) is 23.0. The molecule has 164 valence electrons. The Balaban J connectivity index is 1.73. The van der Waals surface area contributed by atoms with E-state index in [0.29, 0.717) is 29.5 Å². The third-order valence-corrected chi connectivity index (χ3v) is 5.98. The van der Waals surface area contributed by atoms with Gasteiger partial charge in [0.15, 0.2) is 0 Å². The summed E-state index contributed by atoms with van der Waals surface area (Å²) in [6.45, 7) is 7.02. The van der Waals surface area contributed by atoms with E-state index in [0.717, 1.165) is 12.0 Å². The predicted molar refractivity (Wildman–Crippen MR) is 127 cm³/mol. The van der Waals surface area contributed by atoms with E-state index in [9.17, 15) is 4.79 Å². The van der Waals surface area contributed by atoms with Gasteiger partial charge in [0.05, 0.1) is 23.8 Å². The summed E-state index contributed by atoms with van der Waals surface area (Å²) in [6.07, 6.45) is 1.01. The SMILES string of the molecule is CCc1ccc(C(CNC(=O)c2c(C)nn(Cc3ccc(C)cc3)c2Cl)N(C)C)cc1. The molecule has 3 aromatic rings. The monoisotopic (exact) mass is 438 g/mol. The van der Waals surface area contributed by atoms with Gasteiger partial charge >= 0.3 is 0 Å². The zero-order valence-electron chi connectivity index (χ0n) is 18.9. The summed E-state index contributed by atoms with van der Waals surface area (Å²) in [4.78, 5) is 15.1. The molecule has 1 aromatic heterocycles. The second-order valence-corrected chi connectivity index (χ2v) is 8.54. The van der Waals surface area contributed by atoms with E-state index in [1.807, 2.05) is 33.2 Å². The van der Waals surface area contributed by atoms with Gasteiger partial charge in [0.25, 0.3) is 5.91 Å². The highest BCUT2D eigenvalue weighted by Gasteiger charge is 2.22. The van der Waals surface area contributed by atoms with Gasteiger partial charge in [-0.15, -0.1) is 0 Å². The molecular weight excluding hydrogens is 408 g/mol. The molecule has 0 spiro atoms. The molecule has 0 bridgehead atoms. The number of rotatable bonds is 8. The highest BCUT2D eigenvalue weighted by Crippen LogP contribution is 2.22. The van der Waals surface area contributed by atoms with Crippen molar-refractivity contribution in [3.63, 3.8) is 0 Å². The largest absolute Gasteiger partial charge is 0.350 e. The van der Waals surface area contributed by atoms with E-state index < -0.39 is 0 Å². The van der Waals surface area contributed by atoms with E-state index in [1.54, 1.807) is 4.68 Å². The van der Waals surface area contributed by atoms with Crippen LogP contribution in [0, 0.1) is 13.8 Å². The van der Waals surface area contributed by atoms with Crippen molar-refractivity contribution in [2.75, 3.05) is 20.6 Å². The normalized spacial score (nSPS) is 12.2. The Kier molecular flexibility index (Phi) is 7.52. The quantitative estimate of drug-likeness (QED) is 0.549. The van der Waals surface area contributed by atoms with Gasteiger partial charge in [0, 0.05) is 6.54 Å². The molecule has 0 aliphatic rings. The highest BCUT2D eigenvalue weighted by atomic mass is 35.5. The zero-order valence-corrected chi connectivity index (χ0v) is 19.7. The van der Waals surface area contributed by atoms with Crippen LogP contribution in [0.5, 0.6) is 0 Å². The Morgan fingerprint density at radius 1 is 1.06 bits per heavy atom. The van der Waals surface area contributed by atoms with Crippen molar-refractivity contribution in [1.82, 2.24) is 20.0 Å². The minimum atomic E-state index is -0.199. The van der Waals surface area contributed by atoms with E-state index in [1.165, 1.54) is 16.7 Å². The molecular formula is C25H31ClN4O. The van der Waals surface area contributed by atoms with Gasteiger partial charge in [-0.05, 0) is 51.1 Å². The van der Waals surface area contributed by atoms with Gasteiger partial charge in [-0.2, -0.15) is 5.10 Å². The number of hydrogen-bond donors (Lipinski definition) is 1. The van der Waals surface area contributed by atoms with Gasteiger partial charge in [0.2, 0.25) is 0 Å². The average Bonchev–Trinajstić information content (AvgIpc) is 3.03. The van der Waals surface area contributed by atoms with Crippen molar-refractivity contribution in [2.45, 2.75) is 39.8 Å². The number of nitrogens with zero attached hydrogens (tertiary/aromatic N) is 3. The average molecular weight is 439 g/mol. The van der Waals surface area contributed by atoms with Crippen LogP contribution in [0.3, 0.4) is 0 Å². The lowest BCUT2D eigenvalue weighted by Gasteiger charge is -2.25. The molecule has 0 saturated heterocycles. The van der Waals surface area contributed by atoms with Gasteiger partial charge in [-0.3, -0.25) is 4.79 Å². The first-order chi connectivity index (χ1) is 14.8. The molecule has 0 aliphatic heterocycles. The van der Waals surface area contributed by atoms with Crippen LogP contribution in [0.15, 0.2) is 48.5 Å². The number of aromatic nitrogens is 2. The lowest BCUT2D eigenvalue weighted by molar-refractivity contribution is 0.0941. The maximum absolute atomic E-state index is 13.0.